The fraction of sp³-hybridized carbons (Fsp3) is 0.167. The minimum Gasteiger partial charge on any atom is -0.382 e. The van der Waals surface area contributed by atoms with Gasteiger partial charge in [0.25, 0.3) is 0 Å². The Morgan fingerprint density at radius 3 is 2.41 bits per heavy atom. The van der Waals surface area contributed by atoms with Gasteiger partial charge in [0.15, 0.2) is 0 Å². The van der Waals surface area contributed by atoms with Crippen LogP contribution in [0.3, 0.4) is 0 Å². The molecule has 2 aromatic rings. The summed E-state index contributed by atoms with van der Waals surface area (Å²) in [6.45, 7) is 1.63. The van der Waals surface area contributed by atoms with Gasteiger partial charge in [-0.15, -0.1) is 0 Å². The topological polar surface area (TPSA) is 46.0 Å². The van der Waals surface area contributed by atoms with Crippen molar-refractivity contribution in [1.29, 1.82) is 0 Å². The Bertz CT molecular complexity index is 526. The maximum atomic E-state index is 13.4. The molecular weight excluding hydrogens is 226 g/mol. The highest BCUT2D eigenvalue weighted by Crippen LogP contribution is 2.25. The average molecular weight is 236 g/mol. The Morgan fingerprint density at radius 2 is 1.82 bits per heavy atom. The second-order valence-electron chi connectivity index (χ2n) is 3.57. The predicted octanol–water partition coefficient (Wildman–Crippen LogP) is 2.14. The summed E-state index contributed by atoms with van der Waals surface area (Å²) in [7, 11) is 0. The normalized spacial score (nSPS) is 12.5. The van der Waals surface area contributed by atoms with E-state index >= 15 is 0 Å². The molecule has 1 aromatic heterocycles. The van der Waals surface area contributed by atoms with Crippen LogP contribution in [-0.4, -0.2) is 15.1 Å². The SMILES string of the molecule is Cc1nccc(C(O)c2c(F)cccc2F)n1. The van der Waals surface area contributed by atoms with Crippen molar-refractivity contribution in [3.8, 4) is 0 Å². The molecule has 0 radical (unpaired) electrons. The molecule has 1 aromatic carbocycles. The van der Waals surface area contributed by atoms with Gasteiger partial charge in [0.05, 0.1) is 11.3 Å². The molecule has 0 saturated heterocycles. The van der Waals surface area contributed by atoms with Gasteiger partial charge in [0, 0.05) is 6.20 Å². The number of aliphatic hydroxyl groups excluding tert-OH is 1. The highest BCUT2D eigenvalue weighted by atomic mass is 19.1. The molecule has 2 rings (SSSR count). The number of aryl methyl sites for hydroxylation is 1. The van der Waals surface area contributed by atoms with Crippen molar-refractivity contribution < 1.29 is 13.9 Å². The van der Waals surface area contributed by atoms with Gasteiger partial charge >= 0.3 is 0 Å². The lowest BCUT2D eigenvalue weighted by atomic mass is 10.1. The van der Waals surface area contributed by atoms with Crippen molar-refractivity contribution in [1.82, 2.24) is 9.97 Å². The highest BCUT2D eigenvalue weighted by Gasteiger charge is 2.20. The van der Waals surface area contributed by atoms with Gasteiger partial charge in [0.1, 0.15) is 23.6 Å². The van der Waals surface area contributed by atoms with E-state index in [9.17, 15) is 13.9 Å². The van der Waals surface area contributed by atoms with E-state index in [1.54, 1.807) is 6.92 Å². The van der Waals surface area contributed by atoms with Gasteiger partial charge in [-0.05, 0) is 25.1 Å². The number of aromatic nitrogens is 2. The van der Waals surface area contributed by atoms with E-state index in [1.165, 1.54) is 18.3 Å². The monoisotopic (exact) mass is 236 g/mol. The predicted molar refractivity (Wildman–Crippen MR) is 57.2 cm³/mol. The van der Waals surface area contributed by atoms with E-state index in [-0.39, 0.29) is 5.69 Å². The summed E-state index contributed by atoms with van der Waals surface area (Å²) < 4.78 is 26.9. The molecule has 1 N–H and O–H groups in total. The molecule has 88 valence electrons. The number of rotatable bonds is 2. The number of aliphatic hydroxyl groups is 1. The van der Waals surface area contributed by atoms with E-state index in [1.807, 2.05) is 0 Å². The van der Waals surface area contributed by atoms with Crippen molar-refractivity contribution >= 4 is 0 Å². The van der Waals surface area contributed by atoms with Crippen molar-refractivity contribution in [2.24, 2.45) is 0 Å². The van der Waals surface area contributed by atoms with Crippen LogP contribution in [0.5, 0.6) is 0 Å². The first-order valence-electron chi connectivity index (χ1n) is 5.01. The number of nitrogens with zero attached hydrogens (tertiary/aromatic N) is 2. The van der Waals surface area contributed by atoms with Crippen LogP contribution >= 0.6 is 0 Å². The van der Waals surface area contributed by atoms with Crippen LogP contribution < -0.4 is 0 Å². The minimum absolute atomic E-state index is 0.168. The minimum atomic E-state index is -1.43. The lowest BCUT2D eigenvalue weighted by Gasteiger charge is -2.12. The maximum Gasteiger partial charge on any atom is 0.132 e. The van der Waals surface area contributed by atoms with Gasteiger partial charge in [-0.25, -0.2) is 18.7 Å². The molecule has 0 saturated carbocycles. The average Bonchev–Trinajstić information content (AvgIpc) is 2.28. The molecule has 1 atom stereocenters. The number of benzene rings is 1. The van der Waals surface area contributed by atoms with Crippen LogP contribution in [0.15, 0.2) is 30.5 Å². The summed E-state index contributed by atoms with van der Waals surface area (Å²) >= 11 is 0. The van der Waals surface area contributed by atoms with E-state index in [4.69, 9.17) is 0 Å². The maximum absolute atomic E-state index is 13.4. The van der Waals surface area contributed by atoms with Crippen LogP contribution in [0, 0.1) is 18.6 Å². The molecule has 0 spiro atoms. The Kier molecular flexibility index (Phi) is 3.10. The summed E-state index contributed by atoms with van der Waals surface area (Å²) in [5.41, 5.74) is -0.230. The van der Waals surface area contributed by atoms with Gasteiger partial charge in [-0.2, -0.15) is 0 Å². The molecule has 0 bridgehead atoms. The lowest BCUT2D eigenvalue weighted by Crippen LogP contribution is -2.08. The van der Waals surface area contributed by atoms with E-state index < -0.39 is 23.3 Å². The summed E-state index contributed by atoms with van der Waals surface area (Å²) in [6, 6.07) is 4.85. The third kappa shape index (κ3) is 2.29. The molecule has 1 heterocycles. The third-order valence-corrected chi connectivity index (χ3v) is 2.35. The van der Waals surface area contributed by atoms with Crippen LogP contribution in [0.1, 0.15) is 23.2 Å². The molecule has 0 aliphatic heterocycles. The molecule has 3 nitrogen and oxygen atoms in total. The summed E-state index contributed by atoms with van der Waals surface area (Å²) in [5, 5.41) is 9.91. The molecule has 5 heteroatoms. The zero-order chi connectivity index (χ0) is 12.4. The first-order chi connectivity index (χ1) is 8.09. The Morgan fingerprint density at radius 1 is 1.18 bits per heavy atom. The summed E-state index contributed by atoms with van der Waals surface area (Å²) in [4.78, 5) is 7.79. The van der Waals surface area contributed by atoms with Gasteiger partial charge < -0.3 is 5.11 Å². The van der Waals surface area contributed by atoms with Crippen LogP contribution in [0.4, 0.5) is 8.78 Å². The first-order valence-corrected chi connectivity index (χ1v) is 5.01. The van der Waals surface area contributed by atoms with Gasteiger partial charge in [0.2, 0.25) is 0 Å². The number of hydrogen-bond donors (Lipinski definition) is 1. The smallest absolute Gasteiger partial charge is 0.132 e. The van der Waals surface area contributed by atoms with Gasteiger partial charge in [-0.1, -0.05) is 6.07 Å². The van der Waals surface area contributed by atoms with E-state index in [0.29, 0.717) is 5.82 Å². The third-order valence-electron chi connectivity index (χ3n) is 2.35. The van der Waals surface area contributed by atoms with Crippen molar-refractivity contribution in [2.45, 2.75) is 13.0 Å². The van der Waals surface area contributed by atoms with Crippen LogP contribution in [0.2, 0.25) is 0 Å². The first kappa shape index (κ1) is 11.6. The van der Waals surface area contributed by atoms with Gasteiger partial charge in [-0.3, -0.25) is 0 Å². The second-order valence-corrected chi connectivity index (χ2v) is 3.57. The molecule has 0 fully saturated rings. The number of hydrogen-bond acceptors (Lipinski definition) is 3. The summed E-state index contributed by atoms with van der Waals surface area (Å²) in [5.74, 6) is -1.17. The molecule has 1 unspecified atom stereocenters. The fourth-order valence-corrected chi connectivity index (χ4v) is 1.55. The zero-order valence-electron chi connectivity index (χ0n) is 9.06. The van der Waals surface area contributed by atoms with Crippen molar-refractivity contribution in [3.05, 3.63) is 59.2 Å². The molecule has 0 amide bonds. The molecule has 0 aliphatic rings. The van der Waals surface area contributed by atoms with E-state index in [2.05, 4.69) is 9.97 Å². The zero-order valence-corrected chi connectivity index (χ0v) is 9.06. The molecular formula is C12H10F2N2O. The van der Waals surface area contributed by atoms with E-state index in [0.717, 1.165) is 12.1 Å². The largest absolute Gasteiger partial charge is 0.382 e. The quantitative estimate of drug-likeness (QED) is 0.868. The second kappa shape index (κ2) is 4.55. The van der Waals surface area contributed by atoms with Crippen molar-refractivity contribution in [2.75, 3.05) is 0 Å². The van der Waals surface area contributed by atoms with Crippen LogP contribution in [-0.2, 0) is 0 Å². The van der Waals surface area contributed by atoms with Crippen molar-refractivity contribution in [3.63, 3.8) is 0 Å². The number of halogens is 2. The highest BCUT2D eigenvalue weighted by molar-refractivity contribution is 5.28. The standard InChI is InChI=1S/C12H10F2N2O/c1-7-15-6-5-10(16-7)12(17)11-8(13)3-2-4-9(11)14/h2-6,12,17H,1H3. The van der Waals surface area contributed by atoms with Crippen LogP contribution in [0.25, 0.3) is 0 Å². The Hall–Kier alpha value is -1.88. The molecule has 0 aliphatic carbocycles. The molecule has 17 heavy (non-hydrogen) atoms. The fourth-order valence-electron chi connectivity index (χ4n) is 1.55. The summed E-state index contributed by atoms with van der Waals surface area (Å²) in [6.07, 6.45) is -0.00231. The lowest BCUT2D eigenvalue weighted by molar-refractivity contribution is 0.204. The Labute approximate surface area is 96.8 Å². The Balaban J connectivity index is 2.47.